The third-order valence-electron chi connectivity index (χ3n) is 4.62. The van der Waals surface area contributed by atoms with Crippen LogP contribution >= 0.6 is 0 Å². The lowest BCUT2D eigenvalue weighted by Crippen LogP contribution is -2.51. The predicted octanol–water partition coefficient (Wildman–Crippen LogP) is 2.15. The highest BCUT2D eigenvalue weighted by atomic mass is 16.2. The Kier molecular flexibility index (Phi) is 4.43. The van der Waals surface area contributed by atoms with Crippen LogP contribution in [0.4, 0.5) is 0 Å². The number of carbonyl (C=O) groups excluding carboxylic acids is 1. The van der Waals surface area contributed by atoms with E-state index in [0.717, 1.165) is 19.4 Å². The Balaban J connectivity index is 1.91. The van der Waals surface area contributed by atoms with Crippen molar-refractivity contribution in [1.29, 1.82) is 0 Å². The van der Waals surface area contributed by atoms with Crippen molar-refractivity contribution in [2.24, 2.45) is 17.6 Å². The van der Waals surface area contributed by atoms with Crippen LogP contribution < -0.4 is 5.73 Å². The van der Waals surface area contributed by atoms with E-state index in [2.05, 4.69) is 11.8 Å². The van der Waals surface area contributed by atoms with Crippen molar-refractivity contribution in [1.82, 2.24) is 4.90 Å². The summed E-state index contributed by atoms with van der Waals surface area (Å²) in [7, 11) is 0. The second kappa shape index (κ2) is 5.85. The molecule has 3 nitrogen and oxygen atoms in total. The van der Waals surface area contributed by atoms with Gasteiger partial charge in [0.25, 0.3) is 0 Å². The van der Waals surface area contributed by atoms with Gasteiger partial charge in [0, 0.05) is 25.6 Å². The summed E-state index contributed by atoms with van der Waals surface area (Å²) >= 11 is 0. The van der Waals surface area contributed by atoms with E-state index in [1.54, 1.807) is 0 Å². The lowest BCUT2D eigenvalue weighted by atomic mass is 9.90. The van der Waals surface area contributed by atoms with Gasteiger partial charge in [-0.1, -0.05) is 19.8 Å². The first-order valence-electron chi connectivity index (χ1n) is 7.22. The Morgan fingerprint density at radius 2 is 1.94 bits per heavy atom. The quantitative estimate of drug-likeness (QED) is 0.819. The Bertz CT molecular complexity index is 261. The number of hydrogen-bond acceptors (Lipinski definition) is 2. The number of amides is 1. The Morgan fingerprint density at radius 3 is 2.59 bits per heavy atom. The van der Waals surface area contributed by atoms with Gasteiger partial charge in [0.1, 0.15) is 0 Å². The van der Waals surface area contributed by atoms with Crippen molar-refractivity contribution < 1.29 is 4.79 Å². The Hall–Kier alpha value is -0.570. The van der Waals surface area contributed by atoms with Gasteiger partial charge in [-0.15, -0.1) is 0 Å². The summed E-state index contributed by atoms with van der Waals surface area (Å²) in [5.74, 6) is 1.58. The van der Waals surface area contributed by atoms with Crippen LogP contribution in [0.25, 0.3) is 0 Å². The summed E-state index contributed by atoms with van der Waals surface area (Å²) in [4.78, 5) is 14.4. The van der Waals surface area contributed by atoms with Gasteiger partial charge in [-0.25, -0.2) is 0 Å². The lowest BCUT2D eigenvalue weighted by molar-refractivity contribution is -0.137. The second-order valence-corrected chi connectivity index (χ2v) is 5.86. The van der Waals surface area contributed by atoms with Crippen LogP contribution in [0.2, 0.25) is 0 Å². The molecule has 98 valence electrons. The van der Waals surface area contributed by atoms with E-state index in [1.165, 1.54) is 32.1 Å². The highest BCUT2D eigenvalue weighted by Gasteiger charge is 2.31. The lowest BCUT2D eigenvalue weighted by Gasteiger charge is -2.40. The van der Waals surface area contributed by atoms with E-state index < -0.39 is 0 Å². The first kappa shape index (κ1) is 12.9. The fourth-order valence-corrected chi connectivity index (χ4v) is 3.50. The van der Waals surface area contributed by atoms with Gasteiger partial charge < -0.3 is 10.6 Å². The summed E-state index contributed by atoms with van der Waals surface area (Å²) in [5.41, 5.74) is 5.84. The molecule has 2 atom stereocenters. The fourth-order valence-electron chi connectivity index (χ4n) is 3.50. The number of likely N-dealkylation sites (tertiary alicyclic amines) is 1. The zero-order valence-electron chi connectivity index (χ0n) is 11.0. The normalized spacial score (nSPS) is 30.8. The highest BCUT2D eigenvalue weighted by molar-refractivity contribution is 5.77. The van der Waals surface area contributed by atoms with Crippen molar-refractivity contribution in [3.63, 3.8) is 0 Å². The maximum atomic E-state index is 12.3. The standard InChI is InChI=1S/C14H26N2O/c1-11-5-4-8-16(13(11)10-15)14(17)9-12-6-2-3-7-12/h11-13H,2-10,15H2,1H3/t11-,13+/m0/s1. The van der Waals surface area contributed by atoms with Gasteiger partial charge in [-0.3, -0.25) is 4.79 Å². The van der Waals surface area contributed by atoms with Gasteiger partial charge in [0.05, 0.1) is 0 Å². The summed E-state index contributed by atoms with van der Waals surface area (Å²) in [6.45, 7) is 3.78. The van der Waals surface area contributed by atoms with Crippen LogP contribution in [0.15, 0.2) is 0 Å². The summed E-state index contributed by atoms with van der Waals surface area (Å²) < 4.78 is 0. The predicted molar refractivity (Wildman–Crippen MR) is 69.5 cm³/mol. The minimum Gasteiger partial charge on any atom is -0.338 e. The fraction of sp³-hybridized carbons (Fsp3) is 0.929. The number of piperidine rings is 1. The van der Waals surface area contributed by atoms with Crippen LogP contribution in [0.1, 0.15) is 51.9 Å². The van der Waals surface area contributed by atoms with Crippen molar-refractivity contribution in [2.75, 3.05) is 13.1 Å². The third kappa shape index (κ3) is 3.01. The molecule has 0 radical (unpaired) electrons. The second-order valence-electron chi connectivity index (χ2n) is 5.86. The molecular formula is C14H26N2O. The molecule has 0 bridgehead atoms. The molecule has 0 aromatic carbocycles. The average Bonchev–Trinajstić information content (AvgIpc) is 2.81. The van der Waals surface area contributed by atoms with Gasteiger partial charge in [0.15, 0.2) is 0 Å². The van der Waals surface area contributed by atoms with Gasteiger partial charge in [-0.05, 0) is 37.5 Å². The molecule has 1 aliphatic carbocycles. The average molecular weight is 238 g/mol. The molecule has 1 amide bonds. The third-order valence-corrected chi connectivity index (χ3v) is 4.62. The first-order chi connectivity index (χ1) is 8.22. The van der Waals surface area contributed by atoms with E-state index in [4.69, 9.17) is 5.73 Å². The molecular weight excluding hydrogens is 212 g/mol. The number of carbonyl (C=O) groups is 1. The number of rotatable bonds is 3. The van der Waals surface area contributed by atoms with Crippen LogP contribution in [0, 0.1) is 11.8 Å². The van der Waals surface area contributed by atoms with Gasteiger partial charge >= 0.3 is 0 Å². The molecule has 0 unspecified atom stereocenters. The monoisotopic (exact) mass is 238 g/mol. The van der Waals surface area contributed by atoms with Crippen molar-refractivity contribution in [3.05, 3.63) is 0 Å². The maximum absolute atomic E-state index is 12.3. The van der Waals surface area contributed by atoms with E-state index in [0.29, 0.717) is 24.3 Å². The summed E-state index contributed by atoms with van der Waals surface area (Å²) in [6.07, 6.45) is 8.26. The molecule has 0 spiro atoms. The zero-order chi connectivity index (χ0) is 12.3. The van der Waals surface area contributed by atoms with Gasteiger partial charge in [0.2, 0.25) is 5.91 Å². The highest BCUT2D eigenvalue weighted by Crippen LogP contribution is 2.30. The Morgan fingerprint density at radius 1 is 1.24 bits per heavy atom. The molecule has 1 aliphatic heterocycles. The minimum atomic E-state index is 0.289. The molecule has 0 aromatic heterocycles. The Labute approximate surface area is 105 Å². The largest absolute Gasteiger partial charge is 0.338 e. The number of nitrogens with two attached hydrogens (primary N) is 1. The number of nitrogens with zero attached hydrogens (tertiary/aromatic N) is 1. The SMILES string of the molecule is C[C@H]1CCCN(C(=O)CC2CCCC2)[C@@H]1CN. The van der Waals surface area contributed by atoms with E-state index >= 15 is 0 Å². The van der Waals surface area contributed by atoms with Crippen LogP contribution in [-0.2, 0) is 4.79 Å². The van der Waals surface area contributed by atoms with Crippen molar-refractivity contribution >= 4 is 5.91 Å². The molecule has 2 rings (SSSR count). The molecule has 2 fully saturated rings. The first-order valence-corrected chi connectivity index (χ1v) is 7.22. The smallest absolute Gasteiger partial charge is 0.223 e. The minimum absolute atomic E-state index is 0.289. The van der Waals surface area contributed by atoms with Crippen LogP contribution in [0.3, 0.4) is 0 Å². The molecule has 1 heterocycles. The molecule has 3 heteroatoms. The van der Waals surface area contributed by atoms with E-state index in [1.807, 2.05) is 0 Å². The van der Waals surface area contributed by atoms with Crippen molar-refractivity contribution in [3.8, 4) is 0 Å². The van der Waals surface area contributed by atoms with Crippen molar-refractivity contribution in [2.45, 2.75) is 57.9 Å². The maximum Gasteiger partial charge on any atom is 0.223 e. The van der Waals surface area contributed by atoms with Crippen LogP contribution in [-0.4, -0.2) is 29.9 Å². The van der Waals surface area contributed by atoms with E-state index in [-0.39, 0.29) is 6.04 Å². The number of hydrogen-bond donors (Lipinski definition) is 1. The van der Waals surface area contributed by atoms with E-state index in [9.17, 15) is 4.79 Å². The summed E-state index contributed by atoms with van der Waals surface area (Å²) in [6, 6.07) is 0.289. The molecule has 1 saturated carbocycles. The molecule has 2 N–H and O–H groups in total. The topological polar surface area (TPSA) is 46.3 Å². The zero-order valence-corrected chi connectivity index (χ0v) is 11.0. The molecule has 17 heavy (non-hydrogen) atoms. The summed E-state index contributed by atoms with van der Waals surface area (Å²) in [5, 5.41) is 0. The van der Waals surface area contributed by atoms with Crippen LogP contribution in [0.5, 0.6) is 0 Å². The van der Waals surface area contributed by atoms with Gasteiger partial charge in [-0.2, -0.15) is 0 Å². The molecule has 0 aromatic rings. The molecule has 1 saturated heterocycles. The molecule has 2 aliphatic rings.